The topological polar surface area (TPSA) is 103 Å². The maximum Gasteiger partial charge on any atom is 0.316 e. The Morgan fingerprint density at radius 3 is 2.67 bits per heavy atom. The van der Waals surface area contributed by atoms with Gasteiger partial charge >= 0.3 is 6.03 Å². The van der Waals surface area contributed by atoms with E-state index in [0.717, 1.165) is 0 Å². The first-order valence-corrected chi connectivity index (χ1v) is 8.00. The molecule has 3 N–H and O–H groups in total. The van der Waals surface area contributed by atoms with Gasteiger partial charge in [-0.15, -0.1) is 0 Å². The Balaban J connectivity index is 2.64. The second-order valence-electron chi connectivity index (χ2n) is 4.40. The third kappa shape index (κ3) is 5.20. The normalized spacial score (nSPS) is 11.0. The largest absolute Gasteiger partial charge is 0.369 e. The van der Waals surface area contributed by atoms with Gasteiger partial charge in [0.2, 0.25) is 10.0 Å². The Labute approximate surface area is 125 Å². The molecule has 0 aromatic carbocycles. The van der Waals surface area contributed by atoms with Gasteiger partial charge < -0.3 is 15.5 Å². The van der Waals surface area contributed by atoms with Crippen molar-refractivity contribution in [3.63, 3.8) is 0 Å². The summed E-state index contributed by atoms with van der Waals surface area (Å²) in [7, 11) is -0.453. The van der Waals surface area contributed by atoms with Gasteiger partial charge in [-0.2, -0.15) is 0 Å². The van der Waals surface area contributed by atoms with E-state index in [1.165, 1.54) is 17.2 Å². The number of rotatable bonds is 7. The summed E-state index contributed by atoms with van der Waals surface area (Å²) in [6.45, 7) is 2.73. The molecule has 0 atom stereocenters. The van der Waals surface area contributed by atoms with Crippen LogP contribution < -0.4 is 15.4 Å². The lowest BCUT2D eigenvalue weighted by Crippen LogP contribution is -2.39. The van der Waals surface area contributed by atoms with Crippen LogP contribution in [0.2, 0.25) is 0 Å². The number of amides is 2. The third-order valence-corrected chi connectivity index (χ3v) is 4.00. The minimum Gasteiger partial charge on any atom is -0.369 e. The van der Waals surface area contributed by atoms with E-state index in [0.29, 0.717) is 12.4 Å². The smallest absolute Gasteiger partial charge is 0.316 e. The van der Waals surface area contributed by atoms with Crippen molar-refractivity contribution >= 4 is 21.9 Å². The van der Waals surface area contributed by atoms with E-state index in [1.54, 1.807) is 20.2 Å². The van der Waals surface area contributed by atoms with E-state index in [9.17, 15) is 13.2 Å². The minimum absolute atomic E-state index is 0.0887. The van der Waals surface area contributed by atoms with Gasteiger partial charge in [-0.25, -0.2) is 22.9 Å². The molecule has 8 nitrogen and oxygen atoms in total. The molecule has 0 aliphatic carbocycles. The molecule has 0 unspecified atom stereocenters. The van der Waals surface area contributed by atoms with Crippen LogP contribution in [0.1, 0.15) is 6.92 Å². The molecule has 1 aromatic rings. The molecule has 0 saturated heterocycles. The van der Waals surface area contributed by atoms with Gasteiger partial charge in [0.25, 0.3) is 0 Å². The van der Waals surface area contributed by atoms with Crippen molar-refractivity contribution in [1.82, 2.24) is 19.9 Å². The summed E-state index contributed by atoms with van der Waals surface area (Å²) < 4.78 is 26.8. The molecule has 1 aromatic heterocycles. The zero-order chi connectivity index (χ0) is 15.9. The standard InChI is InChI=1S/C12H21N5O3S/c1-4-13-11-10(6-5-7-14-11)21(19,20)16-9-8-15-12(18)17(2)3/h5-7,16H,4,8-9H2,1-3H3,(H,13,14)(H,15,18). The van der Waals surface area contributed by atoms with Crippen LogP contribution in [-0.4, -0.2) is 58.1 Å². The molecule has 118 valence electrons. The summed E-state index contributed by atoms with van der Waals surface area (Å²) in [5.74, 6) is 0.310. The highest BCUT2D eigenvalue weighted by Crippen LogP contribution is 2.17. The van der Waals surface area contributed by atoms with Gasteiger partial charge in [0.15, 0.2) is 0 Å². The summed E-state index contributed by atoms with van der Waals surface area (Å²) in [6, 6.07) is 2.76. The first-order chi connectivity index (χ1) is 9.88. The fourth-order valence-corrected chi connectivity index (χ4v) is 2.66. The van der Waals surface area contributed by atoms with Crippen molar-refractivity contribution in [2.45, 2.75) is 11.8 Å². The monoisotopic (exact) mass is 315 g/mol. The van der Waals surface area contributed by atoms with Crippen LogP contribution in [-0.2, 0) is 10.0 Å². The number of hydrogen-bond donors (Lipinski definition) is 3. The van der Waals surface area contributed by atoms with Crippen LogP contribution in [0.3, 0.4) is 0 Å². The number of anilines is 1. The number of sulfonamides is 1. The number of carbonyl (C=O) groups is 1. The van der Waals surface area contributed by atoms with Crippen molar-refractivity contribution in [2.75, 3.05) is 39.0 Å². The zero-order valence-electron chi connectivity index (χ0n) is 12.4. The van der Waals surface area contributed by atoms with Crippen molar-refractivity contribution in [2.24, 2.45) is 0 Å². The molecule has 21 heavy (non-hydrogen) atoms. The molecule has 2 amide bonds. The highest BCUT2D eigenvalue weighted by Gasteiger charge is 2.18. The second kappa shape index (κ2) is 7.79. The molecule has 1 rings (SSSR count). The summed E-state index contributed by atoms with van der Waals surface area (Å²) >= 11 is 0. The first kappa shape index (κ1) is 17.2. The number of aromatic nitrogens is 1. The average Bonchev–Trinajstić information content (AvgIpc) is 2.44. The predicted molar refractivity (Wildman–Crippen MR) is 80.7 cm³/mol. The molecular formula is C12H21N5O3S. The van der Waals surface area contributed by atoms with Crippen LogP contribution in [0, 0.1) is 0 Å². The van der Waals surface area contributed by atoms with Gasteiger partial charge in [-0.1, -0.05) is 0 Å². The lowest BCUT2D eigenvalue weighted by molar-refractivity contribution is 0.217. The van der Waals surface area contributed by atoms with Crippen molar-refractivity contribution in [3.8, 4) is 0 Å². The van der Waals surface area contributed by atoms with E-state index in [-0.39, 0.29) is 24.0 Å². The van der Waals surface area contributed by atoms with E-state index in [1.807, 2.05) is 6.92 Å². The van der Waals surface area contributed by atoms with Crippen LogP contribution in [0.25, 0.3) is 0 Å². The minimum atomic E-state index is -3.67. The van der Waals surface area contributed by atoms with Crippen LogP contribution in [0.4, 0.5) is 10.6 Å². The molecule has 0 aliphatic rings. The average molecular weight is 315 g/mol. The molecule has 9 heteroatoms. The summed E-state index contributed by atoms with van der Waals surface area (Å²) in [5, 5.41) is 5.47. The molecular weight excluding hydrogens is 294 g/mol. The number of urea groups is 1. The Hall–Kier alpha value is -1.87. The van der Waals surface area contributed by atoms with E-state index < -0.39 is 10.0 Å². The third-order valence-electron chi connectivity index (χ3n) is 2.50. The molecule has 0 bridgehead atoms. The van der Waals surface area contributed by atoms with Crippen molar-refractivity contribution in [1.29, 1.82) is 0 Å². The molecule has 1 heterocycles. The number of pyridine rings is 1. The predicted octanol–water partition coefficient (Wildman–Crippen LogP) is 0.0629. The maximum atomic E-state index is 12.2. The van der Waals surface area contributed by atoms with Gasteiger partial charge in [-0.3, -0.25) is 0 Å². The highest BCUT2D eigenvalue weighted by molar-refractivity contribution is 7.89. The first-order valence-electron chi connectivity index (χ1n) is 6.52. The SMILES string of the molecule is CCNc1ncccc1S(=O)(=O)NCCNC(=O)N(C)C. The summed E-state index contributed by atoms with van der Waals surface area (Å²) in [4.78, 5) is 16.8. The number of nitrogens with one attached hydrogen (secondary N) is 3. The lowest BCUT2D eigenvalue weighted by atomic mass is 10.4. The van der Waals surface area contributed by atoms with Crippen molar-refractivity contribution < 1.29 is 13.2 Å². The van der Waals surface area contributed by atoms with E-state index in [2.05, 4.69) is 20.3 Å². The Morgan fingerprint density at radius 2 is 2.05 bits per heavy atom. The quantitative estimate of drug-likeness (QED) is 0.618. The maximum absolute atomic E-state index is 12.2. The Kier molecular flexibility index (Phi) is 6.38. The van der Waals surface area contributed by atoms with Gasteiger partial charge in [-0.05, 0) is 19.1 Å². The molecule has 0 spiro atoms. The Morgan fingerprint density at radius 1 is 1.33 bits per heavy atom. The summed E-state index contributed by atoms with van der Waals surface area (Å²) in [6.07, 6.45) is 1.52. The van der Waals surface area contributed by atoms with Crippen LogP contribution in [0.15, 0.2) is 23.2 Å². The summed E-state index contributed by atoms with van der Waals surface area (Å²) in [5.41, 5.74) is 0. The number of hydrogen-bond acceptors (Lipinski definition) is 5. The molecule has 0 saturated carbocycles. The highest BCUT2D eigenvalue weighted by atomic mass is 32.2. The molecule has 0 aliphatic heterocycles. The van der Waals surface area contributed by atoms with Gasteiger partial charge in [0.1, 0.15) is 10.7 Å². The fraction of sp³-hybridized carbons (Fsp3) is 0.500. The van der Waals surface area contributed by atoms with Gasteiger partial charge in [0.05, 0.1) is 0 Å². The second-order valence-corrected chi connectivity index (χ2v) is 6.14. The van der Waals surface area contributed by atoms with Crippen LogP contribution >= 0.6 is 0 Å². The Bertz CT molecular complexity index is 574. The fourth-order valence-electron chi connectivity index (χ4n) is 1.50. The lowest BCUT2D eigenvalue weighted by Gasteiger charge is -2.13. The molecule has 0 radical (unpaired) electrons. The van der Waals surface area contributed by atoms with Crippen LogP contribution in [0.5, 0.6) is 0 Å². The van der Waals surface area contributed by atoms with Gasteiger partial charge in [0, 0.05) is 39.9 Å². The van der Waals surface area contributed by atoms with E-state index in [4.69, 9.17) is 0 Å². The zero-order valence-corrected chi connectivity index (χ0v) is 13.2. The number of nitrogens with zero attached hydrogens (tertiary/aromatic N) is 2. The van der Waals surface area contributed by atoms with E-state index >= 15 is 0 Å². The molecule has 0 fully saturated rings. The number of carbonyl (C=O) groups excluding carboxylic acids is 1. The van der Waals surface area contributed by atoms with Crippen molar-refractivity contribution in [3.05, 3.63) is 18.3 Å².